The molecule has 1 saturated carbocycles. The van der Waals surface area contributed by atoms with Crippen molar-refractivity contribution in [2.75, 3.05) is 5.32 Å². The van der Waals surface area contributed by atoms with Crippen LogP contribution in [0.2, 0.25) is 0 Å². The fourth-order valence-corrected chi connectivity index (χ4v) is 4.35. The summed E-state index contributed by atoms with van der Waals surface area (Å²) >= 11 is 1.37. The Morgan fingerprint density at radius 1 is 1.39 bits per heavy atom. The molecule has 1 unspecified atom stereocenters. The summed E-state index contributed by atoms with van der Waals surface area (Å²) in [6.45, 7) is 1.71. The quantitative estimate of drug-likeness (QED) is 0.679. The highest BCUT2D eigenvalue weighted by Crippen LogP contribution is 2.35. The van der Waals surface area contributed by atoms with Crippen molar-refractivity contribution in [2.24, 2.45) is 5.92 Å². The van der Waals surface area contributed by atoms with Gasteiger partial charge in [-0.1, -0.05) is 31.7 Å². The van der Waals surface area contributed by atoms with E-state index >= 15 is 0 Å². The molecule has 7 nitrogen and oxygen atoms in total. The maximum absolute atomic E-state index is 14.8. The first-order valence-electron chi connectivity index (χ1n) is 9.37. The minimum atomic E-state index is -0.452. The topological polar surface area (TPSA) is 85.6 Å². The Kier molecular flexibility index (Phi) is 5.43. The summed E-state index contributed by atoms with van der Waals surface area (Å²) in [4.78, 5) is 17.1. The summed E-state index contributed by atoms with van der Waals surface area (Å²) in [5.41, 5.74) is 0.930. The highest BCUT2D eigenvalue weighted by atomic mass is 32.1. The molecular weight excluding hydrogens is 379 g/mol. The van der Waals surface area contributed by atoms with Crippen molar-refractivity contribution in [3.05, 3.63) is 47.0 Å². The molecule has 0 saturated heterocycles. The summed E-state index contributed by atoms with van der Waals surface area (Å²) in [5, 5.41) is 16.4. The lowest BCUT2D eigenvalue weighted by atomic mass is 9.87. The van der Waals surface area contributed by atoms with Crippen LogP contribution in [0.5, 0.6) is 0 Å². The van der Waals surface area contributed by atoms with Crippen molar-refractivity contribution < 1.29 is 9.18 Å². The van der Waals surface area contributed by atoms with Crippen molar-refractivity contribution in [1.82, 2.24) is 25.2 Å². The second-order valence-electron chi connectivity index (χ2n) is 7.11. The average molecular weight is 400 g/mol. The van der Waals surface area contributed by atoms with E-state index in [9.17, 15) is 9.18 Å². The van der Waals surface area contributed by atoms with Crippen molar-refractivity contribution >= 4 is 22.4 Å². The number of amides is 1. The van der Waals surface area contributed by atoms with Gasteiger partial charge < -0.3 is 5.32 Å². The van der Waals surface area contributed by atoms with Crippen molar-refractivity contribution in [2.45, 2.75) is 44.9 Å². The first kappa shape index (κ1) is 18.7. The molecule has 0 aliphatic heterocycles. The van der Waals surface area contributed by atoms with Gasteiger partial charge in [0.05, 0.1) is 5.92 Å². The number of aromatic nitrogens is 5. The molecule has 146 valence electrons. The Hall–Kier alpha value is -2.68. The number of rotatable bonds is 6. The van der Waals surface area contributed by atoms with Crippen LogP contribution in [0.3, 0.4) is 0 Å². The van der Waals surface area contributed by atoms with Crippen LogP contribution in [-0.2, 0) is 4.79 Å². The number of hydrogen-bond acceptors (Lipinski definition) is 6. The van der Waals surface area contributed by atoms with Crippen LogP contribution in [0, 0.1) is 18.7 Å². The number of aryl methyl sites for hydroxylation is 1. The zero-order valence-corrected chi connectivity index (χ0v) is 16.3. The zero-order chi connectivity index (χ0) is 19.5. The van der Waals surface area contributed by atoms with Crippen LogP contribution in [0.15, 0.2) is 29.8 Å². The third-order valence-corrected chi connectivity index (χ3v) is 5.94. The van der Waals surface area contributed by atoms with Gasteiger partial charge in [-0.05, 0) is 47.4 Å². The van der Waals surface area contributed by atoms with Gasteiger partial charge in [0.1, 0.15) is 11.5 Å². The minimum absolute atomic E-state index is 0.146. The molecule has 4 rings (SSSR count). The summed E-state index contributed by atoms with van der Waals surface area (Å²) < 4.78 is 16.2. The van der Waals surface area contributed by atoms with E-state index in [-0.39, 0.29) is 11.6 Å². The van der Waals surface area contributed by atoms with Gasteiger partial charge in [0.15, 0.2) is 11.0 Å². The number of carbonyl (C=O) groups is 1. The first-order valence-corrected chi connectivity index (χ1v) is 10.2. The molecule has 1 aliphatic rings. The predicted molar refractivity (Wildman–Crippen MR) is 104 cm³/mol. The Balaban J connectivity index is 1.62. The van der Waals surface area contributed by atoms with Gasteiger partial charge in [-0.3, -0.25) is 4.79 Å². The van der Waals surface area contributed by atoms with Crippen LogP contribution < -0.4 is 5.32 Å². The number of halogens is 1. The van der Waals surface area contributed by atoms with E-state index in [1.807, 2.05) is 5.38 Å². The number of nitrogens with one attached hydrogen (secondary N) is 1. The minimum Gasteiger partial charge on any atom is -0.301 e. The molecule has 2 aromatic heterocycles. The van der Waals surface area contributed by atoms with Crippen LogP contribution in [0.4, 0.5) is 9.52 Å². The molecule has 28 heavy (non-hydrogen) atoms. The summed E-state index contributed by atoms with van der Waals surface area (Å²) in [6, 6.07) is 4.85. The van der Waals surface area contributed by atoms with Crippen molar-refractivity contribution in [3.8, 4) is 5.69 Å². The molecule has 1 fully saturated rings. The number of thiazole rings is 1. The molecule has 1 N–H and O–H groups in total. The van der Waals surface area contributed by atoms with Gasteiger partial charge in [0.2, 0.25) is 5.91 Å². The largest absolute Gasteiger partial charge is 0.301 e. The molecular formula is C19H21FN6OS. The normalized spacial score (nSPS) is 15.6. The second-order valence-corrected chi connectivity index (χ2v) is 8.01. The second kappa shape index (κ2) is 8.14. The van der Waals surface area contributed by atoms with Gasteiger partial charge in [-0.25, -0.2) is 9.37 Å². The molecule has 3 aromatic rings. The Morgan fingerprint density at radius 2 is 2.21 bits per heavy atom. The van der Waals surface area contributed by atoms with Crippen LogP contribution in [-0.4, -0.2) is 31.1 Å². The Morgan fingerprint density at radius 3 is 2.86 bits per heavy atom. The van der Waals surface area contributed by atoms with Gasteiger partial charge in [-0.15, -0.1) is 16.4 Å². The van der Waals surface area contributed by atoms with Crippen LogP contribution in [0.25, 0.3) is 5.69 Å². The first-order chi connectivity index (χ1) is 13.6. The molecule has 0 radical (unpaired) electrons. The number of hydrogen-bond donors (Lipinski definition) is 1. The number of tetrazole rings is 1. The lowest BCUT2D eigenvalue weighted by molar-refractivity contribution is -0.118. The van der Waals surface area contributed by atoms with Crippen LogP contribution >= 0.6 is 11.3 Å². The predicted octanol–water partition coefficient (Wildman–Crippen LogP) is 3.87. The molecule has 9 heteroatoms. The SMILES string of the molecule is Cc1nnnn1-c1ccc(C(CC2CCCC2)C(=O)Nc2nccs2)cc1F. The Bertz CT molecular complexity index is 951. The molecule has 0 spiro atoms. The fraction of sp³-hybridized carbons (Fsp3) is 0.421. The summed E-state index contributed by atoms with van der Waals surface area (Å²) in [5.74, 6) is -0.0447. The van der Waals surface area contributed by atoms with E-state index in [0.717, 1.165) is 12.8 Å². The van der Waals surface area contributed by atoms with Crippen molar-refractivity contribution in [1.29, 1.82) is 0 Å². The average Bonchev–Trinajstić information content (AvgIpc) is 3.43. The third kappa shape index (κ3) is 3.94. The number of benzene rings is 1. The number of carbonyl (C=O) groups excluding carboxylic acids is 1. The lowest BCUT2D eigenvalue weighted by Gasteiger charge is -2.20. The highest BCUT2D eigenvalue weighted by molar-refractivity contribution is 7.13. The summed E-state index contributed by atoms with van der Waals surface area (Å²) in [6.07, 6.45) is 6.97. The monoisotopic (exact) mass is 400 g/mol. The van der Waals surface area contributed by atoms with Gasteiger partial charge in [0, 0.05) is 11.6 Å². The lowest BCUT2D eigenvalue weighted by Crippen LogP contribution is -2.23. The fourth-order valence-electron chi connectivity index (χ4n) is 3.82. The van der Waals surface area contributed by atoms with E-state index in [1.165, 1.54) is 34.9 Å². The maximum atomic E-state index is 14.8. The van der Waals surface area contributed by atoms with E-state index in [1.54, 1.807) is 25.3 Å². The number of anilines is 1. The van der Waals surface area contributed by atoms with E-state index in [0.29, 0.717) is 28.9 Å². The summed E-state index contributed by atoms with van der Waals surface area (Å²) in [7, 11) is 0. The molecule has 1 aliphatic carbocycles. The Labute approximate surface area is 166 Å². The smallest absolute Gasteiger partial charge is 0.233 e. The molecule has 1 aromatic carbocycles. The zero-order valence-electron chi connectivity index (χ0n) is 15.5. The van der Waals surface area contributed by atoms with Crippen LogP contribution in [0.1, 0.15) is 49.4 Å². The van der Waals surface area contributed by atoms with E-state index in [4.69, 9.17) is 0 Å². The van der Waals surface area contributed by atoms with E-state index in [2.05, 4.69) is 25.8 Å². The molecule has 2 heterocycles. The highest BCUT2D eigenvalue weighted by Gasteiger charge is 2.28. The standard InChI is InChI=1S/C19H21FN6OS/c1-12-23-24-25-26(12)17-7-6-14(11-16(17)20)15(10-13-4-2-3-5-13)18(27)22-19-21-8-9-28-19/h6-9,11,13,15H,2-5,10H2,1H3,(H,21,22,27). The maximum Gasteiger partial charge on any atom is 0.233 e. The van der Waals surface area contributed by atoms with Gasteiger partial charge in [-0.2, -0.15) is 4.68 Å². The van der Waals surface area contributed by atoms with Crippen molar-refractivity contribution in [3.63, 3.8) is 0 Å². The number of nitrogens with zero attached hydrogens (tertiary/aromatic N) is 5. The molecule has 0 bridgehead atoms. The van der Waals surface area contributed by atoms with Gasteiger partial charge in [0.25, 0.3) is 0 Å². The van der Waals surface area contributed by atoms with Gasteiger partial charge >= 0.3 is 0 Å². The molecule has 1 amide bonds. The third-order valence-electron chi connectivity index (χ3n) is 5.25. The van der Waals surface area contributed by atoms with E-state index < -0.39 is 11.7 Å². The molecule has 1 atom stereocenters.